The van der Waals surface area contributed by atoms with Gasteiger partial charge in [0.2, 0.25) is 21.8 Å². The summed E-state index contributed by atoms with van der Waals surface area (Å²) in [6.45, 7) is 4.89. The number of fused-ring (bicyclic) bond motifs is 1. The van der Waals surface area contributed by atoms with E-state index in [1.165, 1.54) is 27.4 Å². The molecular formula is C20H23N3O4S3. The molecule has 1 fully saturated rings. The first kappa shape index (κ1) is 21.4. The fraction of sp³-hybridized carbons (Fsp3) is 0.400. The van der Waals surface area contributed by atoms with Crippen molar-refractivity contribution in [3.05, 3.63) is 40.1 Å². The quantitative estimate of drug-likeness (QED) is 0.750. The number of thioether (sulfide) groups is 1. The summed E-state index contributed by atoms with van der Waals surface area (Å²) in [5.74, 6) is -0.293. The molecule has 1 aromatic heterocycles. The van der Waals surface area contributed by atoms with E-state index in [9.17, 15) is 18.0 Å². The summed E-state index contributed by atoms with van der Waals surface area (Å²) in [6.07, 6.45) is 0.0976. The summed E-state index contributed by atoms with van der Waals surface area (Å²) < 4.78 is 27.3. The molecule has 3 heterocycles. The number of rotatable bonds is 4. The summed E-state index contributed by atoms with van der Waals surface area (Å²) in [6, 6.07) is 9.24. The van der Waals surface area contributed by atoms with Crippen molar-refractivity contribution in [2.45, 2.75) is 35.3 Å². The Balaban J connectivity index is 1.37. The molecule has 0 radical (unpaired) electrons. The van der Waals surface area contributed by atoms with Crippen LogP contribution in [0.25, 0.3) is 0 Å². The highest BCUT2D eigenvalue weighted by molar-refractivity contribution is 8.01. The molecule has 1 unspecified atom stereocenters. The smallest absolute Gasteiger partial charge is 0.244 e. The Kier molecular flexibility index (Phi) is 5.93. The second-order valence-electron chi connectivity index (χ2n) is 7.36. The zero-order valence-electron chi connectivity index (χ0n) is 16.8. The van der Waals surface area contributed by atoms with Gasteiger partial charge in [0.25, 0.3) is 0 Å². The van der Waals surface area contributed by atoms with Crippen LogP contribution in [-0.4, -0.2) is 60.9 Å². The van der Waals surface area contributed by atoms with Crippen LogP contribution in [0.3, 0.4) is 0 Å². The zero-order valence-corrected chi connectivity index (χ0v) is 19.2. The number of benzene rings is 1. The number of sulfonamides is 1. The van der Waals surface area contributed by atoms with Crippen LogP contribution in [0.15, 0.2) is 40.1 Å². The minimum Gasteiger partial charge on any atom is -0.340 e. The van der Waals surface area contributed by atoms with Gasteiger partial charge in [-0.1, -0.05) is 12.1 Å². The maximum atomic E-state index is 12.9. The number of amides is 2. The summed E-state index contributed by atoms with van der Waals surface area (Å²) in [5.41, 5.74) is 0.772. The molecule has 1 atom stereocenters. The van der Waals surface area contributed by atoms with Gasteiger partial charge in [-0.15, -0.1) is 23.1 Å². The van der Waals surface area contributed by atoms with Gasteiger partial charge in [-0.3, -0.25) is 9.59 Å². The molecule has 0 bridgehead atoms. The molecule has 1 N–H and O–H groups in total. The van der Waals surface area contributed by atoms with E-state index in [2.05, 4.69) is 5.32 Å². The minimum absolute atomic E-state index is 0.0976. The van der Waals surface area contributed by atoms with Crippen molar-refractivity contribution in [1.82, 2.24) is 9.21 Å². The van der Waals surface area contributed by atoms with Crippen LogP contribution in [0, 0.1) is 13.8 Å². The lowest BCUT2D eigenvalue weighted by molar-refractivity contribution is -0.133. The van der Waals surface area contributed by atoms with Gasteiger partial charge in [0.15, 0.2) is 0 Å². The number of anilines is 1. The van der Waals surface area contributed by atoms with Gasteiger partial charge < -0.3 is 10.2 Å². The normalized spacial score (nSPS) is 20.0. The highest BCUT2D eigenvalue weighted by atomic mass is 32.2. The van der Waals surface area contributed by atoms with E-state index in [1.807, 2.05) is 38.1 Å². The Morgan fingerprint density at radius 3 is 2.53 bits per heavy atom. The molecule has 10 heteroatoms. The average Bonchev–Trinajstić information content (AvgIpc) is 3.07. The summed E-state index contributed by atoms with van der Waals surface area (Å²) in [7, 11) is -3.55. The number of hydrogen-bond donors (Lipinski definition) is 1. The molecule has 30 heavy (non-hydrogen) atoms. The van der Waals surface area contributed by atoms with E-state index in [4.69, 9.17) is 0 Å². The number of carbonyl (C=O) groups is 2. The van der Waals surface area contributed by atoms with Crippen molar-refractivity contribution in [3.8, 4) is 0 Å². The Morgan fingerprint density at radius 2 is 1.87 bits per heavy atom. The lowest BCUT2D eigenvalue weighted by Gasteiger charge is -2.35. The molecule has 2 aliphatic heterocycles. The highest BCUT2D eigenvalue weighted by Gasteiger charge is 2.34. The maximum Gasteiger partial charge on any atom is 0.244 e. The third-order valence-corrected chi connectivity index (χ3v) is 9.67. The van der Waals surface area contributed by atoms with Crippen molar-refractivity contribution in [1.29, 1.82) is 0 Å². The number of para-hydroxylation sites is 1. The SMILES string of the molecule is Cc1cc(S(=O)(=O)N2CCN(C(=O)CC3Sc4ccccc4NC3=O)CC2)c(C)s1. The molecule has 160 valence electrons. The number of aryl methyl sites for hydroxylation is 2. The minimum atomic E-state index is -3.55. The average molecular weight is 466 g/mol. The van der Waals surface area contributed by atoms with Gasteiger partial charge in [0, 0.05) is 47.2 Å². The van der Waals surface area contributed by atoms with E-state index in [-0.39, 0.29) is 31.3 Å². The number of nitrogens with one attached hydrogen (secondary N) is 1. The fourth-order valence-electron chi connectivity index (χ4n) is 3.70. The van der Waals surface area contributed by atoms with Crippen molar-refractivity contribution < 1.29 is 18.0 Å². The lowest BCUT2D eigenvalue weighted by Crippen LogP contribution is -2.51. The van der Waals surface area contributed by atoms with Crippen molar-refractivity contribution >= 4 is 50.6 Å². The molecule has 2 amide bonds. The van der Waals surface area contributed by atoms with E-state index < -0.39 is 15.3 Å². The Bertz CT molecular complexity index is 1090. The van der Waals surface area contributed by atoms with E-state index >= 15 is 0 Å². The van der Waals surface area contributed by atoms with E-state index in [0.717, 1.165) is 20.3 Å². The maximum absolute atomic E-state index is 12.9. The van der Waals surface area contributed by atoms with Crippen LogP contribution < -0.4 is 5.32 Å². The molecular weight excluding hydrogens is 442 g/mol. The van der Waals surface area contributed by atoms with Gasteiger partial charge in [-0.2, -0.15) is 4.31 Å². The third kappa shape index (κ3) is 4.14. The van der Waals surface area contributed by atoms with Crippen LogP contribution in [0.1, 0.15) is 16.2 Å². The monoisotopic (exact) mass is 465 g/mol. The Labute approximate surface area is 184 Å². The van der Waals surface area contributed by atoms with E-state index in [1.54, 1.807) is 11.0 Å². The number of thiophene rings is 1. The predicted octanol–water partition coefficient (Wildman–Crippen LogP) is 2.70. The molecule has 1 aromatic carbocycles. The number of piperazine rings is 1. The summed E-state index contributed by atoms with van der Waals surface area (Å²) >= 11 is 2.87. The third-order valence-electron chi connectivity index (χ3n) is 5.27. The largest absolute Gasteiger partial charge is 0.340 e. The zero-order chi connectivity index (χ0) is 21.5. The van der Waals surface area contributed by atoms with E-state index in [0.29, 0.717) is 18.0 Å². The molecule has 2 aromatic rings. The molecule has 0 aliphatic carbocycles. The topological polar surface area (TPSA) is 86.8 Å². The molecule has 1 saturated heterocycles. The first-order chi connectivity index (χ1) is 14.3. The fourth-order valence-corrected chi connectivity index (χ4v) is 7.74. The molecule has 7 nitrogen and oxygen atoms in total. The number of carbonyl (C=O) groups excluding carboxylic acids is 2. The second kappa shape index (κ2) is 8.33. The number of hydrogen-bond acceptors (Lipinski definition) is 6. The van der Waals surface area contributed by atoms with Gasteiger partial charge in [-0.25, -0.2) is 8.42 Å². The van der Waals surface area contributed by atoms with Crippen molar-refractivity contribution in [2.24, 2.45) is 0 Å². The standard InChI is InChI=1S/C20H23N3O4S3/c1-13-11-18(14(2)28-13)30(26,27)23-9-7-22(8-10-23)19(24)12-17-20(25)21-15-5-3-4-6-16(15)29-17/h3-6,11,17H,7-10,12H2,1-2H3,(H,21,25). The first-order valence-corrected chi connectivity index (χ1v) is 12.8. The number of nitrogens with zero attached hydrogens (tertiary/aromatic N) is 2. The molecule has 4 rings (SSSR count). The first-order valence-electron chi connectivity index (χ1n) is 9.67. The van der Waals surface area contributed by atoms with Gasteiger partial charge >= 0.3 is 0 Å². The summed E-state index contributed by atoms with van der Waals surface area (Å²) in [5, 5.41) is 2.37. The van der Waals surface area contributed by atoms with Gasteiger partial charge in [-0.05, 0) is 32.0 Å². The van der Waals surface area contributed by atoms with Gasteiger partial charge in [0.1, 0.15) is 0 Å². The predicted molar refractivity (Wildman–Crippen MR) is 118 cm³/mol. The highest BCUT2D eigenvalue weighted by Crippen LogP contribution is 2.37. The van der Waals surface area contributed by atoms with Crippen molar-refractivity contribution in [2.75, 3.05) is 31.5 Å². The van der Waals surface area contributed by atoms with Crippen LogP contribution in [0.5, 0.6) is 0 Å². The van der Waals surface area contributed by atoms with Crippen LogP contribution in [-0.2, 0) is 19.6 Å². The van der Waals surface area contributed by atoms with Crippen LogP contribution in [0.4, 0.5) is 5.69 Å². The Hall–Kier alpha value is -1.88. The summed E-state index contributed by atoms with van der Waals surface area (Å²) in [4.78, 5) is 29.9. The lowest BCUT2D eigenvalue weighted by atomic mass is 10.2. The van der Waals surface area contributed by atoms with Gasteiger partial charge in [0.05, 0.1) is 15.8 Å². The van der Waals surface area contributed by atoms with Crippen molar-refractivity contribution in [3.63, 3.8) is 0 Å². The Morgan fingerprint density at radius 1 is 1.17 bits per heavy atom. The van der Waals surface area contributed by atoms with Crippen LogP contribution >= 0.6 is 23.1 Å². The molecule has 0 saturated carbocycles. The van der Waals surface area contributed by atoms with Crippen LogP contribution in [0.2, 0.25) is 0 Å². The molecule has 0 spiro atoms. The second-order valence-corrected chi connectivity index (χ2v) is 12.0. The molecule has 2 aliphatic rings.